The molecular formula is C23H27N5O2S. The first-order valence-electron chi connectivity index (χ1n) is 11.0. The molecule has 31 heavy (non-hydrogen) atoms. The summed E-state index contributed by atoms with van der Waals surface area (Å²) in [5, 5.41) is 0.998. The van der Waals surface area contributed by atoms with Gasteiger partial charge in [0.25, 0.3) is 5.91 Å². The lowest BCUT2D eigenvalue weighted by Crippen LogP contribution is -2.52. The Morgan fingerprint density at radius 2 is 1.65 bits per heavy atom. The highest BCUT2D eigenvalue weighted by Gasteiger charge is 2.28. The van der Waals surface area contributed by atoms with Gasteiger partial charge in [-0.05, 0) is 43.5 Å². The first-order chi connectivity index (χ1) is 15.2. The third kappa shape index (κ3) is 4.09. The molecule has 8 heteroatoms. The Balaban J connectivity index is 1.28. The van der Waals surface area contributed by atoms with E-state index in [1.165, 1.54) is 17.8 Å². The normalized spacial score (nSPS) is 17.9. The van der Waals surface area contributed by atoms with Crippen molar-refractivity contribution in [1.29, 1.82) is 0 Å². The molecule has 5 rings (SSSR count). The number of nitrogens with zero attached hydrogens (tertiary/aromatic N) is 5. The largest absolute Gasteiger partial charge is 0.342 e. The van der Waals surface area contributed by atoms with Crippen molar-refractivity contribution in [2.24, 2.45) is 0 Å². The smallest absolute Gasteiger partial charge is 0.266 e. The van der Waals surface area contributed by atoms with Gasteiger partial charge in [-0.3, -0.25) is 14.5 Å². The second kappa shape index (κ2) is 8.80. The van der Waals surface area contributed by atoms with Crippen LogP contribution in [0.5, 0.6) is 0 Å². The molecule has 0 unspecified atom stereocenters. The molecule has 0 aromatic carbocycles. The maximum atomic E-state index is 13.5. The van der Waals surface area contributed by atoms with Crippen molar-refractivity contribution < 1.29 is 9.59 Å². The zero-order chi connectivity index (χ0) is 21.2. The lowest BCUT2D eigenvalue weighted by atomic mass is 10.1. The number of pyridine rings is 1. The van der Waals surface area contributed by atoms with Crippen molar-refractivity contribution in [1.82, 2.24) is 24.3 Å². The van der Waals surface area contributed by atoms with Gasteiger partial charge in [-0.25, -0.2) is 4.98 Å². The molecule has 3 aromatic rings. The van der Waals surface area contributed by atoms with E-state index in [9.17, 15) is 9.59 Å². The molecule has 2 aliphatic heterocycles. The summed E-state index contributed by atoms with van der Waals surface area (Å²) in [6, 6.07) is 7.86. The number of thiophene rings is 1. The second-order valence-corrected chi connectivity index (χ2v) is 9.24. The summed E-state index contributed by atoms with van der Waals surface area (Å²) in [5.41, 5.74) is 0.908. The molecule has 2 fully saturated rings. The number of carbonyl (C=O) groups excluding carboxylic acids is 2. The summed E-state index contributed by atoms with van der Waals surface area (Å²) in [7, 11) is 0. The lowest BCUT2D eigenvalue weighted by molar-refractivity contribution is -0.133. The van der Waals surface area contributed by atoms with E-state index in [4.69, 9.17) is 0 Å². The predicted octanol–water partition coefficient (Wildman–Crippen LogP) is 2.86. The van der Waals surface area contributed by atoms with Gasteiger partial charge in [0.2, 0.25) is 5.91 Å². The first-order valence-corrected chi connectivity index (χ1v) is 11.8. The van der Waals surface area contributed by atoms with Crippen molar-refractivity contribution in [3.05, 3.63) is 47.7 Å². The van der Waals surface area contributed by atoms with E-state index in [0.717, 1.165) is 59.8 Å². The molecule has 7 nitrogen and oxygen atoms in total. The van der Waals surface area contributed by atoms with Crippen molar-refractivity contribution >= 4 is 33.4 Å². The fourth-order valence-corrected chi connectivity index (χ4v) is 5.60. The summed E-state index contributed by atoms with van der Waals surface area (Å²) < 4.78 is 2.00. The number of hydrogen-bond acceptors (Lipinski definition) is 5. The van der Waals surface area contributed by atoms with Gasteiger partial charge in [0.1, 0.15) is 9.71 Å². The van der Waals surface area contributed by atoms with Gasteiger partial charge in [0.15, 0.2) is 0 Å². The number of piperazine rings is 1. The van der Waals surface area contributed by atoms with Crippen LogP contribution in [0.4, 0.5) is 0 Å². The van der Waals surface area contributed by atoms with Gasteiger partial charge in [0.05, 0.1) is 12.2 Å². The molecular weight excluding hydrogens is 410 g/mol. The van der Waals surface area contributed by atoms with Crippen LogP contribution in [0.2, 0.25) is 0 Å². The molecule has 0 aliphatic carbocycles. The predicted molar refractivity (Wildman–Crippen MR) is 122 cm³/mol. The average molecular weight is 438 g/mol. The maximum Gasteiger partial charge on any atom is 0.266 e. The van der Waals surface area contributed by atoms with Crippen LogP contribution in [-0.4, -0.2) is 81.9 Å². The van der Waals surface area contributed by atoms with Crippen LogP contribution in [0, 0.1) is 0 Å². The molecule has 2 saturated heterocycles. The van der Waals surface area contributed by atoms with E-state index in [2.05, 4.69) is 9.88 Å². The molecule has 5 heterocycles. The van der Waals surface area contributed by atoms with E-state index in [0.29, 0.717) is 19.6 Å². The Labute approximate surface area is 185 Å². The van der Waals surface area contributed by atoms with Crippen molar-refractivity contribution in [2.75, 3.05) is 45.8 Å². The molecule has 2 amide bonds. The van der Waals surface area contributed by atoms with E-state index in [1.807, 2.05) is 51.0 Å². The summed E-state index contributed by atoms with van der Waals surface area (Å²) in [6.07, 6.45) is 9.15. The monoisotopic (exact) mass is 437 g/mol. The zero-order valence-corrected chi connectivity index (χ0v) is 18.4. The number of hydrogen-bond donors (Lipinski definition) is 0. The van der Waals surface area contributed by atoms with Crippen molar-refractivity contribution in [3.8, 4) is 5.69 Å². The Bertz CT molecular complexity index is 1060. The maximum absolute atomic E-state index is 13.5. The van der Waals surface area contributed by atoms with E-state index >= 15 is 0 Å². The number of rotatable bonds is 4. The highest BCUT2D eigenvalue weighted by Crippen LogP contribution is 2.34. The van der Waals surface area contributed by atoms with Crippen LogP contribution < -0.4 is 0 Å². The number of amides is 2. The SMILES string of the molecule is O=C(CN1CCN(C(=O)c2sc3ncccc3c2-n2cccc2)CC1)N1CCCCC1. The second-order valence-electron chi connectivity index (χ2n) is 8.24. The van der Waals surface area contributed by atoms with E-state index in [1.54, 1.807) is 6.20 Å². The minimum absolute atomic E-state index is 0.0497. The number of fused-ring (bicyclic) bond motifs is 1. The number of carbonyl (C=O) groups is 2. The van der Waals surface area contributed by atoms with E-state index in [-0.39, 0.29) is 11.8 Å². The molecule has 0 N–H and O–H groups in total. The van der Waals surface area contributed by atoms with Gasteiger partial charge in [0, 0.05) is 63.2 Å². The third-order valence-electron chi connectivity index (χ3n) is 6.22. The number of piperidine rings is 1. The Morgan fingerprint density at radius 1 is 0.903 bits per heavy atom. The number of aromatic nitrogens is 2. The standard InChI is InChI=1S/C23H27N5O2S/c29-19(26-9-2-1-3-10-26)17-25-13-15-28(16-14-25)23(30)21-20(27-11-4-5-12-27)18-7-6-8-24-22(18)31-21/h4-8,11-12H,1-3,9-10,13-17H2. The topological polar surface area (TPSA) is 61.7 Å². The van der Waals surface area contributed by atoms with Gasteiger partial charge in [-0.1, -0.05) is 0 Å². The summed E-state index contributed by atoms with van der Waals surface area (Å²) in [6.45, 7) is 4.97. The highest BCUT2D eigenvalue weighted by atomic mass is 32.1. The van der Waals surface area contributed by atoms with Crippen LogP contribution in [-0.2, 0) is 4.79 Å². The Morgan fingerprint density at radius 3 is 2.39 bits per heavy atom. The van der Waals surface area contributed by atoms with Crippen LogP contribution in [0.1, 0.15) is 28.9 Å². The third-order valence-corrected chi connectivity index (χ3v) is 7.31. The molecule has 0 saturated carbocycles. The summed E-state index contributed by atoms with van der Waals surface area (Å²) in [4.78, 5) is 38.2. The lowest BCUT2D eigenvalue weighted by Gasteiger charge is -2.36. The van der Waals surface area contributed by atoms with Crippen molar-refractivity contribution in [3.63, 3.8) is 0 Å². The zero-order valence-electron chi connectivity index (χ0n) is 17.6. The van der Waals surface area contributed by atoms with Gasteiger partial charge in [-0.15, -0.1) is 11.3 Å². The molecule has 162 valence electrons. The minimum atomic E-state index is 0.0497. The summed E-state index contributed by atoms with van der Waals surface area (Å²) >= 11 is 1.46. The summed E-state index contributed by atoms with van der Waals surface area (Å²) in [5.74, 6) is 0.277. The van der Waals surface area contributed by atoms with Crippen LogP contribution in [0.15, 0.2) is 42.9 Å². The van der Waals surface area contributed by atoms with Crippen LogP contribution >= 0.6 is 11.3 Å². The number of likely N-dealkylation sites (tertiary alicyclic amines) is 1. The fraction of sp³-hybridized carbons (Fsp3) is 0.435. The molecule has 0 bridgehead atoms. The first kappa shape index (κ1) is 20.2. The van der Waals surface area contributed by atoms with Crippen LogP contribution in [0.25, 0.3) is 15.9 Å². The Kier molecular flexibility index (Phi) is 5.74. The Hall–Kier alpha value is -2.71. The van der Waals surface area contributed by atoms with Gasteiger partial charge >= 0.3 is 0 Å². The molecule has 3 aromatic heterocycles. The minimum Gasteiger partial charge on any atom is -0.342 e. The molecule has 0 atom stereocenters. The molecule has 0 spiro atoms. The fourth-order valence-electron chi connectivity index (χ4n) is 4.49. The van der Waals surface area contributed by atoms with Crippen molar-refractivity contribution in [2.45, 2.75) is 19.3 Å². The van der Waals surface area contributed by atoms with E-state index < -0.39 is 0 Å². The molecule has 2 aliphatic rings. The molecule has 0 radical (unpaired) electrons. The van der Waals surface area contributed by atoms with Crippen LogP contribution in [0.3, 0.4) is 0 Å². The van der Waals surface area contributed by atoms with Gasteiger partial charge < -0.3 is 14.4 Å². The average Bonchev–Trinajstić information content (AvgIpc) is 3.47. The highest BCUT2D eigenvalue weighted by molar-refractivity contribution is 7.21. The van der Waals surface area contributed by atoms with Gasteiger partial charge in [-0.2, -0.15) is 0 Å². The quantitative estimate of drug-likeness (QED) is 0.630.